The Bertz CT molecular complexity index is 466. The summed E-state index contributed by atoms with van der Waals surface area (Å²) in [5.41, 5.74) is 6.75. The van der Waals surface area contributed by atoms with E-state index in [9.17, 15) is 4.79 Å². The Kier molecular flexibility index (Phi) is 3.69. The minimum Gasteiger partial charge on any atom is -0.316 e. The summed E-state index contributed by atoms with van der Waals surface area (Å²) in [6.07, 6.45) is 1.65. The Hall–Kier alpha value is -2.20. The number of hydrogen-bond acceptors (Lipinski definition) is 3. The van der Waals surface area contributed by atoms with E-state index in [1.807, 2.05) is 36.4 Å². The van der Waals surface area contributed by atoms with Crippen LogP contribution in [-0.4, -0.2) is 17.9 Å². The molecule has 0 saturated heterocycles. The number of nitrogens with zero attached hydrogens (tertiary/aromatic N) is 2. The molecule has 2 N–H and O–H groups in total. The molecular weight excluding hydrogens is 226 g/mol. The molecule has 0 radical (unpaired) electrons. The van der Waals surface area contributed by atoms with Gasteiger partial charge in [-0.3, -0.25) is 9.69 Å². The number of anilines is 1. The summed E-state index contributed by atoms with van der Waals surface area (Å²) in [5, 5.41) is 0. The normalized spacial score (nSPS) is 11.9. The SMILES string of the molecule is CN(C(=O)[C@H](N)c1ccccc1)c1ccccn1. The van der Waals surface area contributed by atoms with E-state index in [4.69, 9.17) is 5.73 Å². The van der Waals surface area contributed by atoms with Gasteiger partial charge in [-0.05, 0) is 17.7 Å². The third kappa shape index (κ3) is 2.55. The smallest absolute Gasteiger partial charge is 0.249 e. The number of aromatic nitrogens is 1. The second-order valence-corrected chi connectivity index (χ2v) is 3.97. The molecule has 0 spiro atoms. The molecule has 0 fully saturated rings. The van der Waals surface area contributed by atoms with Crippen LogP contribution in [0.5, 0.6) is 0 Å². The summed E-state index contributed by atoms with van der Waals surface area (Å²) < 4.78 is 0. The van der Waals surface area contributed by atoms with Crippen molar-refractivity contribution in [3.63, 3.8) is 0 Å². The first-order chi connectivity index (χ1) is 8.70. The van der Waals surface area contributed by atoms with Crippen LogP contribution in [0, 0.1) is 0 Å². The van der Waals surface area contributed by atoms with Gasteiger partial charge in [0.25, 0.3) is 0 Å². The molecule has 2 aromatic rings. The Morgan fingerprint density at radius 3 is 2.44 bits per heavy atom. The monoisotopic (exact) mass is 241 g/mol. The molecule has 1 aromatic heterocycles. The molecule has 1 atom stereocenters. The average molecular weight is 241 g/mol. The van der Waals surface area contributed by atoms with Crippen molar-refractivity contribution in [1.82, 2.24) is 4.98 Å². The maximum absolute atomic E-state index is 12.2. The zero-order chi connectivity index (χ0) is 13.0. The number of benzene rings is 1. The Balaban J connectivity index is 2.17. The number of pyridine rings is 1. The fourth-order valence-electron chi connectivity index (χ4n) is 1.68. The van der Waals surface area contributed by atoms with Crippen LogP contribution in [0.3, 0.4) is 0 Å². The van der Waals surface area contributed by atoms with E-state index in [1.54, 1.807) is 25.4 Å². The highest BCUT2D eigenvalue weighted by Crippen LogP contribution is 2.15. The van der Waals surface area contributed by atoms with E-state index in [-0.39, 0.29) is 5.91 Å². The topological polar surface area (TPSA) is 59.2 Å². The van der Waals surface area contributed by atoms with Crippen molar-refractivity contribution >= 4 is 11.7 Å². The molecule has 1 amide bonds. The van der Waals surface area contributed by atoms with Crippen LogP contribution in [0.4, 0.5) is 5.82 Å². The summed E-state index contributed by atoms with van der Waals surface area (Å²) in [6.45, 7) is 0. The van der Waals surface area contributed by atoms with Crippen molar-refractivity contribution in [3.8, 4) is 0 Å². The lowest BCUT2D eigenvalue weighted by molar-refractivity contribution is -0.119. The second-order valence-electron chi connectivity index (χ2n) is 3.97. The third-order valence-electron chi connectivity index (χ3n) is 2.75. The zero-order valence-electron chi connectivity index (χ0n) is 10.2. The first-order valence-electron chi connectivity index (χ1n) is 5.69. The van der Waals surface area contributed by atoms with Gasteiger partial charge in [-0.1, -0.05) is 36.4 Å². The van der Waals surface area contributed by atoms with Gasteiger partial charge < -0.3 is 5.73 Å². The van der Waals surface area contributed by atoms with E-state index in [0.29, 0.717) is 5.82 Å². The fourth-order valence-corrected chi connectivity index (χ4v) is 1.68. The van der Waals surface area contributed by atoms with Crippen LogP contribution in [0.1, 0.15) is 11.6 Å². The van der Waals surface area contributed by atoms with Crippen LogP contribution in [0.15, 0.2) is 54.7 Å². The zero-order valence-corrected chi connectivity index (χ0v) is 10.2. The van der Waals surface area contributed by atoms with E-state index in [1.165, 1.54) is 4.90 Å². The first kappa shape index (κ1) is 12.3. The predicted octanol–water partition coefficient (Wildman–Crippen LogP) is 1.74. The molecule has 92 valence electrons. The van der Waals surface area contributed by atoms with Gasteiger partial charge in [-0.2, -0.15) is 0 Å². The standard InChI is InChI=1S/C14H15N3O/c1-17(12-9-5-6-10-16-12)14(18)13(15)11-7-3-2-4-8-11/h2-10,13H,15H2,1H3/t13-/m1/s1. The van der Waals surface area contributed by atoms with Crippen molar-refractivity contribution < 1.29 is 4.79 Å². The van der Waals surface area contributed by atoms with Crippen LogP contribution < -0.4 is 10.6 Å². The van der Waals surface area contributed by atoms with Gasteiger partial charge in [0.1, 0.15) is 11.9 Å². The average Bonchev–Trinajstić information content (AvgIpc) is 2.47. The number of rotatable bonds is 3. The summed E-state index contributed by atoms with van der Waals surface area (Å²) in [4.78, 5) is 17.8. The first-order valence-corrected chi connectivity index (χ1v) is 5.69. The number of amides is 1. The predicted molar refractivity (Wildman–Crippen MR) is 71.0 cm³/mol. The summed E-state index contributed by atoms with van der Waals surface area (Å²) >= 11 is 0. The van der Waals surface area contributed by atoms with Gasteiger partial charge >= 0.3 is 0 Å². The van der Waals surface area contributed by atoms with Crippen LogP contribution >= 0.6 is 0 Å². The van der Waals surface area contributed by atoms with Crippen LogP contribution in [-0.2, 0) is 4.79 Å². The van der Waals surface area contributed by atoms with Crippen LogP contribution in [0.25, 0.3) is 0 Å². The van der Waals surface area contributed by atoms with Gasteiger partial charge in [-0.25, -0.2) is 4.98 Å². The number of likely N-dealkylation sites (N-methyl/N-ethyl adjacent to an activating group) is 1. The van der Waals surface area contributed by atoms with Crippen molar-refractivity contribution in [2.45, 2.75) is 6.04 Å². The van der Waals surface area contributed by atoms with Gasteiger partial charge in [0.2, 0.25) is 5.91 Å². The van der Waals surface area contributed by atoms with E-state index in [2.05, 4.69) is 4.98 Å². The maximum Gasteiger partial charge on any atom is 0.249 e. The number of hydrogen-bond donors (Lipinski definition) is 1. The molecule has 0 aliphatic heterocycles. The highest BCUT2D eigenvalue weighted by atomic mass is 16.2. The van der Waals surface area contributed by atoms with Crippen molar-refractivity contribution in [2.75, 3.05) is 11.9 Å². The summed E-state index contributed by atoms with van der Waals surface area (Å²) in [6, 6.07) is 14.0. The third-order valence-corrected chi connectivity index (χ3v) is 2.75. The number of nitrogens with two attached hydrogens (primary N) is 1. The quantitative estimate of drug-likeness (QED) is 0.890. The minimum atomic E-state index is -0.668. The molecular formula is C14H15N3O. The van der Waals surface area contributed by atoms with E-state index in [0.717, 1.165) is 5.56 Å². The summed E-state index contributed by atoms with van der Waals surface area (Å²) in [7, 11) is 1.67. The minimum absolute atomic E-state index is 0.181. The van der Waals surface area contributed by atoms with Crippen LogP contribution in [0.2, 0.25) is 0 Å². The highest BCUT2D eigenvalue weighted by Gasteiger charge is 2.21. The molecule has 0 saturated carbocycles. The number of carbonyl (C=O) groups excluding carboxylic acids is 1. The molecule has 4 nitrogen and oxygen atoms in total. The Morgan fingerprint density at radius 1 is 1.17 bits per heavy atom. The molecule has 2 rings (SSSR count). The van der Waals surface area contributed by atoms with Crippen molar-refractivity contribution in [3.05, 3.63) is 60.3 Å². The lowest BCUT2D eigenvalue weighted by Crippen LogP contribution is -2.36. The molecule has 0 aliphatic carbocycles. The molecule has 18 heavy (non-hydrogen) atoms. The fraction of sp³-hybridized carbons (Fsp3) is 0.143. The lowest BCUT2D eigenvalue weighted by Gasteiger charge is -2.20. The lowest BCUT2D eigenvalue weighted by atomic mass is 10.1. The molecule has 4 heteroatoms. The molecule has 1 aromatic carbocycles. The molecule has 1 heterocycles. The highest BCUT2D eigenvalue weighted by molar-refractivity contribution is 5.96. The van der Waals surface area contributed by atoms with Crippen molar-refractivity contribution in [1.29, 1.82) is 0 Å². The van der Waals surface area contributed by atoms with Crippen molar-refractivity contribution in [2.24, 2.45) is 5.73 Å². The Labute approximate surface area is 106 Å². The van der Waals surface area contributed by atoms with E-state index >= 15 is 0 Å². The molecule has 0 bridgehead atoms. The van der Waals surface area contributed by atoms with Gasteiger partial charge in [0.05, 0.1) is 0 Å². The summed E-state index contributed by atoms with van der Waals surface area (Å²) in [5.74, 6) is 0.411. The molecule has 0 unspecified atom stereocenters. The maximum atomic E-state index is 12.2. The largest absolute Gasteiger partial charge is 0.316 e. The number of carbonyl (C=O) groups is 1. The van der Waals surface area contributed by atoms with Gasteiger partial charge in [0.15, 0.2) is 0 Å². The Morgan fingerprint density at radius 2 is 1.83 bits per heavy atom. The van der Waals surface area contributed by atoms with Gasteiger partial charge in [-0.15, -0.1) is 0 Å². The van der Waals surface area contributed by atoms with Gasteiger partial charge in [0, 0.05) is 13.2 Å². The second kappa shape index (κ2) is 5.42. The van der Waals surface area contributed by atoms with E-state index < -0.39 is 6.04 Å². The molecule has 0 aliphatic rings.